The average Bonchev–Trinajstić information content (AvgIpc) is 2.82. The van der Waals surface area contributed by atoms with Crippen LogP contribution in [-0.4, -0.2) is 60.3 Å². The Balaban J connectivity index is 1.36. The van der Waals surface area contributed by atoms with E-state index in [0.29, 0.717) is 5.69 Å². The zero-order chi connectivity index (χ0) is 23.4. The number of nitrogens with one attached hydrogen (secondary N) is 1. The van der Waals surface area contributed by atoms with Crippen LogP contribution in [0.5, 0.6) is 5.75 Å². The number of carbonyl (C=O) groups is 1. The second-order valence-corrected chi connectivity index (χ2v) is 8.66. The number of aryl methyl sites for hydroxylation is 2. The van der Waals surface area contributed by atoms with E-state index in [1.54, 1.807) is 6.92 Å². The molecular formula is C26H31N5O2. The lowest BCUT2D eigenvalue weighted by Gasteiger charge is -2.32. The minimum atomic E-state index is -0.613. The van der Waals surface area contributed by atoms with Gasteiger partial charge in [0.05, 0.1) is 5.69 Å². The van der Waals surface area contributed by atoms with E-state index in [9.17, 15) is 4.79 Å². The van der Waals surface area contributed by atoms with Crippen molar-refractivity contribution in [3.8, 4) is 17.0 Å². The minimum Gasteiger partial charge on any atom is -0.481 e. The molecule has 4 rings (SSSR count). The van der Waals surface area contributed by atoms with Crippen molar-refractivity contribution >= 4 is 17.4 Å². The molecule has 172 valence electrons. The molecule has 0 aliphatic carbocycles. The van der Waals surface area contributed by atoms with Crippen LogP contribution in [0.1, 0.15) is 18.1 Å². The lowest BCUT2D eigenvalue weighted by molar-refractivity contribution is -0.122. The highest BCUT2D eigenvalue weighted by atomic mass is 16.5. The molecule has 2 aromatic carbocycles. The number of ether oxygens (including phenoxy) is 1. The summed E-state index contributed by atoms with van der Waals surface area (Å²) in [4.78, 5) is 17.2. The Kier molecular flexibility index (Phi) is 6.89. The maximum Gasteiger partial charge on any atom is 0.265 e. The van der Waals surface area contributed by atoms with E-state index in [4.69, 9.17) is 4.74 Å². The number of nitrogens with zero attached hydrogens (tertiary/aromatic N) is 4. The van der Waals surface area contributed by atoms with E-state index in [1.165, 1.54) is 0 Å². The number of anilines is 2. The summed E-state index contributed by atoms with van der Waals surface area (Å²) in [5.41, 5.74) is 4.56. The molecule has 1 N–H and O–H groups in total. The third-order valence-corrected chi connectivity index (χ3v) is 5.94. The van der Waals surface area contributed by atoms with Gasteiger partial charge in [-0.15, -0.1) is 10.2 Å². The van der Waals surface area contributed by atoms with Gasteiger partial charge in [-0.3, -0.25) is 4.79 Å². The zero-order valence-corrected chi connectivity index (χ0v) is 19.7. The van der Waals surface area contributed by atoms with E-state index in [1.807, 2.05) is 68.4 Å². The molecule has 1 fully saturated rings. The first-order chi connectivity index (χ1) is 15.9. The highest BCUT2D eigenvalue weighted by molar-refractivity contribution is 5.94. The van der Waals surface area contributed by atoms with Gasteiger partial charge in [0.15, 0.2) is 11.9 Å². The predicted molar refractivity (Wildman–Crippen MR) is 132 cm³/mol. The molecule has 0 bridgehead atoms. The van der Waals surface area contributed by atoms with Crippen LogP contribution in [0.3, 0.4) is 0 Å². The summed E-state index contributed by atoms with van der Waals surface area (Å²) in [6, 6.07) is 17.6. The van der Waals surface area contributed by atoms with Crippen molar-refractivity contribution in [2.45, 2.75) is 26.9 Å². The van der Waals surface area contributed by atoms with Gasteiger partial charge in [-0.1, -0.05) is 24.3 Å². The Hall–Kier alpha value is -3.45. The predicted octanol–water partition coefficient (Wildman–Crippen LogP) is 3.92. The van der Waals surface area contributed by atoms with Gasteiger partial charge in [0.2, 0.25) is 0 Å². The number of amides is 1. The van der Waals surface area contributed by atoms with E-state index < -0.39 is 6.10 Å². The van der Waals surface area contributed by atoms with Crippen LogP contribution in [0.15, 0.2) is 54.6 Å². The topological polar surface area (TPSA) is 70.6 Å². The Labute approximate surface area is 195 Å². The number of hydrogen-bond donors (Lipinski definition) is 1. The first-order valence-corrected chi connectivity index (χ1v) is 11.3. The molecule has 7 heteroatoms. The van der Waals surface area contributed by atoms with Crippen LogP contribution in [0, 0.1) is 13.8 Å². The summed E-state index contributed by atoms with van der Waals surface area (Å²) in [5, 5.41) is 11.8. The van der Waals surface area contributed by atoms with Crippen molar-refractivity contribution in [3.05, 3.63) is 65.7 Å². The second kappa shape index (κ2) is 10.0. The first kappa shape index (κ1) is 22.7. The molecule has 1 saturated heterocycles. The highest BCUT2D eigenvalue weighted by Gasteiger charge is 2.17. The molecule has 1 aliphatic heterocycles. The largest absolute Gasteiger partial charge is 0.481 e. The molecule has 1 atom stereocenters. The zero-order valence-electron chi connectivity index (χ0n) is 19.7. The number of rotatable bonds is 6. The number of likely N-dealkylation sites (N-methyl/N-ethyl adjacent to an activating group) is 1. The van der Waals surface area contributed by atoms with Crippen molar-refractivity contribution in [1.82, 2.24) is 15.1 Å². The molecule has 33 heavy (non-hydrogen) atoms. The maximum absolute atomic E-state index is 12.6. The van der Waals surface area contributed by atoms with Gasteiger partial charge >= 0.3 is 0 Å². The van der Waals surface area contributed by atoms with Crippen molar-refractivity contribution in [2.75, 3.05) is 43.4 Å². The van der Waals surface area contributed by atoms with Crippen LogP contribution < -0.4 is 15.0 Å². The molecule has 1 amide bonds. The molecule has 2 heterocycles. The fourth-order valence-corrected chi connectivity index (χ4v) is 3.73. The average molecular weight is 446 g/mol. The van der Waals surface area contributed by atoms with Gasteiger partial charge in [0, 0.05) is 37.4 Å². The number of piperazine rings is 1. The molecular weight excluding hydrogens is 414 g/mol. The van der Waals surface area contributed by atoms with Crippen LogP contribution >= 0.6 is 0 Å². The maximum atomic E-state index is 12.6. The van der Waals surface area contributed by atoms with Gasteiger partial charge in [-0.05, 0) is 69.3 Å². The van der Waals surface area contributed by atoms with E-state index >= 15 is 0 Å². The minimum absolute atomic E-state index is 0.194. The van der Waals surface area contributed by atoms with E-state index in [0.717, 1.165) is 60.1 Å². The lowest BCUT2D eigenvalue weighted by Crippen LogP contribution is -2.44. The molecule has 3 aromatic rings. The normalized spacial score (nSPS) is 15.2. The van der Waals surface area contributed by atoms with Crippen LogP contribution in [0.4, 0.5) is 11.5 Å². The molecule has 0 spiro atoms. The van der Waals surface area contributed by atoms with Gasteiger partial charge in [-0.25, -0.2) is 0 Å². The Morgan fingerprint density at radius 1 is 0.970 bits per heavy atom. The number of benzene rings is 2. The SMILES string of the molecule is Cc1ccc(C)c(OC(C)C(=O)Nc2ccc(-c3ccc(N4CCN(C)CC4)nn3)cc2)c1. The summed E-state index contributed by atoms with van der Waals surface area (Å²) in [6.45, 7) is 9.72. The van der Waals surface area contributed by atoms with E-state index in [-0.39, 0.29) is 5.91 Å². The highest BCUT2D eigenvalue weighted by Crippen LogP contribution is 2.23. The number of carbonyl (C=O) groups excluding carboxylic acids is 1. The molecule has 1 aromatic heterocycles. The smallest absolute Gasteiger partial charge is 0.265 e. The van der Waals surface area contributed by atoms with Crippen molar-refractivity contribution < 1.29 is 9.53 Å². The van der Waals surface area contributed by atoms with Crippen LogP contribution in [-0.2, 0) is 4.79 Å². The Bertz CT molecular complexity index is 1090. The fraction of sp³-hybridized carbons (Fsp3) is 0.346. The Morgan fingerprint density at radius 2 is 1.70 bits per heavy atom. The van der Waals surface area contributed by atoms with Gasteiger partial charge in [0.25, 0.3) is 5.91 Å². The molecule has 0 saturated carbocycles. The third kappa shape index (κ3) is 5.68. The second-order valence-electron chi connectivity index (χ2n) is 8.66. The molecule has 1 aliphatic rings. The fourth-order valence-electron chi connectivity index (χ4n) is 3.73. The summed E-state index contributed by atoms with van der Waals surface area (Å²) >= 11 is 0. The number of aromatic nitrogens is 2. The lowest BCUT2D eigenvalue weighted by atomic mass is 10.1. The summed E-state index contributed by atoms with van der Waals surface area (Å²) in [7, 11) is 2.14. The first-order valence-electron chi connectivity index (χ1n) is 11.3. The number of hydrogen-bond acceptors (Lipinski definition) is 6. The van der Waals surface area contributed by atoms with Gasteiger partial charge < -0.3 is 19.9 Å². The molecule has 1 unspecified atom stereocenters. The van der Waals surface area contributed by atoms with Crippen molar-refractivity contribution in [1.29, 1.82) is 0 Å². The van der Waals surface area contributed by atoms with Crippen LogP contribution in [0.25, 0.3) is 11.3 Å². The van der Waals surface area contributed by atoms with Gasteiger partial charge in [-0.2, -0.15) is 0 Å². The summed E-state index contributed by atoms with van der Waals surface area (Å²) in [5.74, 6) is 1.44. The molecule has 0 radical (unpaired) electrons. The summed E-state index contributed by atoms with van der Waals surface area (Å²) < 4.78 is 5.88. The standard InChI is InChI=1S/C26H31N5O2/c1-18-5-6-19(2)24(17-18)33-20(3)26(32)27-22-9-7-21(8-10-22)23-11-12-25(29-28-23)31-15-13-30(4)14-16-31/h5-12,17,20H,13-16H2,1-4H3,(H,27,32). The summed E-state index contributed by atoms with van der Waals surface area (Å²) in [6.07, 6.45) is -0.613. The third-order valence-electron chi connectivity index (χ3n) is 5.94. The van der Waals surface area contributed by atoms with Crippen molar-refractivity contribution in [2.24, 2.45) is 0 Å². The monoisotopic (exact) mass is 445 g/mol. The van der Waals surface area contributed by atoms with E-state index in [2.05, 4.69) is 32.4 Å². The molecule has 7 nitrogen and oxygen atoms in total. The van der Waals surface area contributed by atoms with Crippen LogP contribution in [0.2, 0.25) is 0 Å². The quantitative estimate of drug-likeness (QED) is 0.620. The Morgan fingerprint density at radius 3 is 2.36 bits per heavy atom. The van der Waals surface area contributed by atoms with Gasteiger partial charge in [0.1, 0.15) is 5.75 Å². The van der Waals surface area contributed by atoms with Crippen molar-refractivity contribution in [3.63, 3.8) is 0 Å².